The Balaban J connectivity index is 2.25. The van der Waals surface area contributed by atoms with Gasteiger partial charge >= 0.3 is 0 Å². The predicted molar refractivity (Wildman–Crippen MR) is 87.4 cm³/mol. The van der Waals surface area contributed by atoms with Crippen molar-refractivity contribution >= 4 is 27.5 Å². The zero-order chi connectivity index (χ0) is 14.8. The van der Waals surface area contributed by atoms with Crippen LogP contribution >= 0.6 is 27.5 Å². The van der Waals surface area contributed by atoms with Crippen molar-refractivity contribution < 1.29 is 0 Å². The van der Waals surface area contributed by atoms with Crippen LogP contribution in [0.4, 0.5) is 0 Å². The highest BCUT2D eigenvalue weighted by Gasteiger charge is 2.16. The summed E-state index contributed by atoms with van der Waals surface area (Å²) in [5, 5.41) is 9.11. The molecule has 0 amide bonds. The van der Waals surface area contributed by atoms with Crippen molar-refractivity contribution in [1.29, 1.82) is 0 Å². The lowest BCUT2D eigenvalue weighted by Gasteiger charge is -2.11. The SMILES string of the molecule is NCc1nnc(-c2cc(Cl)ccc2Br)n1-c1ccccc1. The van der Waals surface area contributed by atoms with Gasteiger partial charge < -0.3 is 5.73 Å². The van der Waals surface area contributed by atoms with Crippen molar-refractivity contribution in [3.05, 3.63) is 63.9 Å². The predicted octanol–water partition coefficient (Wildman–Crippen LogP) is 3.81. The Hall–Kier alpha value is -1.69. The van der Waals surface area contributed by atoms with Gasteiger partial charge in [0.05, 0.1) is 6.54 Å². The number of nitrogens with zero attached hydrogens (tertiary/aromatic N) is 3. The first kappa shape index (κ1) is 14.3. The van der Waals surface area contributed by atoms with Crippen molar-refractivity contribution in [1.82, 2.24) is 14.8 Å². The molecule has 0 atom stereocenters. The molecule has 106 valence electrons. The lowest BCUT2D eigenvalue weighted by molar-refractivity contribution is 0.861. The van der Waals surface area contributed by atoms with E-state index < -0.39 is 0 Å². The minimum atomic E-state index is 0.306. The average molecular weight is 364 g/mol. The van der Waals surface area contributed by atoms with Crippen LogP contribution in [0.5, 0.6) is 0 Å². The third-order valence-corrected chi connectivity index (χ3v) is 4.02. The number of halogens is 2. The van der Waals surface area contributed by atoms with E-state index in [0.717, 1.165) is 15.7 Å². The zero-order valence-corrected chi connectivity index (χ0v) is 13.3. The molecule has 2 N–H and O–H groups in total. The molecular weight excluding hydrogens is 352 g/mol. The third-order valence-electron chi connectivity index (χ3n) is 3.10. The maximum Gasteiger partial charge on any atom is 0.169 e. The van der Waals surface area contributed by atoms with Gasteiger partial charge in [-0.3, -0.25) is 4.57 Å². The van der Waals surface area contributed by atoms with Gasteiger partial charge in [0.15, 0.2) is 11.6 Å². The Kier molecular flexibility index (Phi) is 4.05. The standard InChI is InChI=1S/C15H12BrClN4/c16-13-7-6-10(17)8-12(13)15-20-19-14(9-18)21(15)11-4-2-1-3-5-11/h1-8H,9,18H2. The van der Waals surface area contributed by atoms with Crippen molar-refractivity contribution in [2.45, 2.75) is 6.54 Å². The van der Waals surface area contributed by atoms with Gasteiger partial charge in [0.25, 0.3) is 0 Å². The fourth-order valence-corrected chi connectivity index (χ4v) is 2.74. The molecule has 21 heavy (non-hydrogen) atoms. The van der Waals surface area contributed by atoms with Crippen molar-refractivity contribution in [3.63, 3.8) is 0 Å². The van der Waals surface area contributed by atoms with Gasteiger partial charge in [-0.25, -0.2) is 0 Å². The molecule has 0 fully saturated rings. The molecule has 0 radical (unpaired) electrons. The maximum absolute atomic E-state index is 6.10. The average Bonchev–Trinajstić information content (AvgIpc) is 2.94. The maximum atomic E-state index is 6.10. The van der Waals surface area contributed by atoms with Gasteiger partial charge in [-0.2, -0.15) is 0 Å². The summed E-state index contributed by atoms with van der Waals surface area (Å²) in [5.41, 5.74) is 7.62. The zero-order valence-electron chi connectivity index (χ0n) is 11.0. The van der Waals surface area contributed by atoms with E-state index in [1.54, 1.807) is 0 Å². The number of rotatable bonds is 3. The number of benzene rings is 2. The van der Waals surface area contributed by atoms with Crippen LogP contribution in [0.15, 0.2) is 53.0 Å². The van der Waals surface area contributed by atoms with Crippen molar-refractivity contribution in [2.75, 3.05) is 0 Å². The Morgan fingerprint density at radius 3 is 2.57 bits per heavy atom. The highest BCUT2D eigenvalue weighted by molar-refractivity contribution is 9.10. The first-order valence-electron chi connectivity index (χ1n) is 6.36. The van der Waals surface area contributed by atoms with Crippen LogP contribution in [0, 0.1) is 0 Å². The van der Waals surface area contributed by atoms with Crippen LogP contribution in [0.2, 0.25) is 5.02 Å². The summed E-state index contributed by atoms with van der Waals surface area (Å²) in [6.45, 7) is 0.306. The van der Waals surface area contributed by atoms with E-state index in [1.165, 1.54) is 0 Å². The first-order valence-corrected chi connectivity index (χ1v) is 7.53. The molecular formula is C15H12BrClN4. The van der Waals surface area contributed by atoms with Crippen LogP contribution in [-0.2, 0) is 6.54 Å². The van der Waals surface area contributed by atoms with E-state index in [2.05, 4.69) is 26.1 Å². The Morgan fingerprint density at radius 2 is 1.86 bits per heavy atom. The molecule has 4 nitrogen and oxygen atoms in total. The molecule has 0 aliphatic carbocycles. The highest BCUT2D eigenvalue weighted by Crippen LogP contribution is 2.31. The van der Waals surface area contributed by atoms with Crippen LogP contribution in [0.3, 0.4) is 0 Å². The fourth-order valence-electron chi connectivity index (χ4n) is 2.14. The van der Waals surface area contributed by atoms with Gasteiger partial charge in [0.2, 0.25) is 0 Å². The minimum Gasteiger partial charge on any atom is -0.324 e. The summed E-state index contributed by atoms with van der Waals surface area (Å²) in [7, 11) is 0. The summed E-state index contributed by atoms with van der Waals surface area (Å²) in [4.78, 5) is 0. The van der Waals surface area contributed by atoms with Crippen LogP contribution < -0.4 is 5.73 Å². The molecule has 0 aliphatic heterocycles. The smallest absolute Gasteiger partial charge is 0.169 e. The van der Waals surface area contributed by atoms with Crippen LogP contribution in [0.1, 0.15) is 5.82 Å². The topological polar surface area (TPSA) is 56.7 Å². The monoisotopic (exact) mass is 362 g/mol. The number of hydrogen-bond donors (Lipinski definition) is 1. The lowest BCUT2D eigenvalue weighted by Crippen LogP contribution is -2.07. The number of nitrogens with two attached hydrogens (primary N) is 1. The van der Waals surface area contributed by atoms with E-state index in [-0.39, 0.29) is 0 Å². The number of hydrogen-bond acceptors (Lipinski definition) is 3. The van der Waals surface area contributed by atoms with Crippen LogP contribution in [-0.4, -0.2) is 14.8 Å². The summed E-state index contributed by atoms with van der Waals surface area (Å²) >= 11 is 9.64. The van der Waals surface area contributed by atoms with E-state index >= 15 is 0 Å². The quantitative estimate of drug-likeness (QED) is 0.770. The molecule has 0 aliphatic rings. The normalized spacial score (nSPS) is 10.8. The molecule has 3 rings (SSSR count). The molecule has 1 aromatic heterocycles. The molecule has 1 heterocycles. The van der Waals surface area contributed by atoms with E-state index in [1.807, 2.05) is 53.1 Å². The van der Waals surface area contributed by atoms with E-state index in [0.29, 0.717) is 23.2 Å². The van der Waals surface area contributed by atoms with E-state index in [9.17, 15) is 0 Å². The molecule has 0 unspecified atom stereocenters. The molecule has 3 aromatic rings. The molecule has 0 bridgehead atoms. The van der Waals surface area contributed by atoms with Gasteiger partial charge in [-0.1, -0.05) is 45.7 Å². The van der Waals surface area contributed by atoms with Gasteiger partial charge in [0.1, 0.15) is 0 Å². The second kappa shape index (κ2) is 5.97. The Morgan fingerprint density at radius 1 is 1.10 bits per heavy atom. The fraction of sp³-hybridized carbons (Fsp3) is 0.0667. The lowest BCUT2D eigenvalue weighted by atomic mass is 10.2. The Labute approximate surface area is 135 Å². The number of aromatic nitrogens is 3. The van der Waals surface area contributed by atoms with Crippen molar-refractivity contribution in [3.8, 4) is 17.1 Å². The van der Waals surface area contributed by atoms with E-state index in [4.69, 9.17) is 17.3 Å². The Bertz CT molecular complexity index is 771. The largest absolute Gasteiger partial charge is 0.324 e. The second-order valence-electron chi connectivity index (χ2n) is 4.44. The molecule has 2 aromatic carbocycles. The second-order valence-corrected chi connectivity index (χ2v) is 5.73. The number of para-hydroxylation sites is 1. The molecule has 0 saturated heterocycles. The molecule has 0 spiro atoms. The third kappa shape index (κ3) is 2.72. The molecule has 6 heteroatoms. The summed E-state index contributed by atoms with van der Waals surface area (Å²) in [6.07, 6.45) is 0. The summed E-state index contributed by atoms with van der Waals surface area (Å²) in [5.74, 6) is 1.40. The van der Waals surface area contributed by atoms with Crippen molar-refractivity contribution in [2.24, 2.45) is 5.73 Å². The minimum absolute atomic E-state index is 0.306. The highest BCUT2D eigenvalue weighted by atomic mass is 79.9. The first-order chi connectivity index (χ1) is 10.2. The van der Waals surface area contributed by atoms with Gasteiger partial charge in [0, 0.05) is 20.7 Å². The summed E-state index contributed by atoms with van der Waals surface area (Å²) < 4.78 is 2.84. The molecule has 0 saturated carbocycles. The summed E-state index contributed by atoms with van der Waals surface area (Å²) in [6, 6.07) is 15.4. The van der Waals surface area contributed by atoms with Gasteiger partial charge in [-0.15, -0.1) is 10.2 Å². The van der Waals surface area contributed by atoms with Crippen LogP contribution in [0.25, 0.3) is 17.1 Å². The van der Waals surface area contributed by atoms with Gasteiger partial charge in [-0.05, 0) is 30.3 Å².